The van der Waals surface area contributed by atoms with E-state index in [1.54, 1.807) is 0 Å². The van der Waals surface area contributed by atoms with Gasteiger partial charge in [-0.25, -0.2) is 0 Å². The number of carbonyl (C=O) groups is 1. The van der Waals surface area contributed by atoms with Crippen molar-refractivity contribution in [1.29, 1.82) is 0 Å². The van der Waals surface area contributed by atoms with Crippen molar-refractivity contribution >= 4 is 11.6 Å². The summed E-state index contributed by atoms with van der Waals surface area (Å²) in [4.78, 5) is 17.7. The highest BCUT2D eigenvalue weighted by Gasteiger charge is 2.35. The Labute approximate surface area is 211 Å². The van der Waals surface area contributed by atoms with Crippen LogP contribution in [-0.4, -0.2) is 44.1 Å². The lowest BCUT2D eigenvalue weighted by Crippen LogP contribution is -2.37. The minimum Gasteiger partial charge on any atom is -0.484 e. The van der Waals surface area contributed by atoms with Crippen LogP contribution in [0.25, 0.3) is 0 Å². The molecule has 0 saturated heterocycles. The molecule has 6 nitrogen and oxygen atoms in total. The smallest absolute Gasteiger partial charge is 0.257 e. The van der Waals surface area contributed by atoms with Crippen molar-refractivity contribution in [3.05, 3.63) is 29.8 Å². The van der Waals surface area contributed by atoms with Crippen LogP contribution in [0.3, 0.4) is 0 Å². The lowest BCUT2D eigenvalue weighted by molar-refractivity contribution is -0.123. The Morgan fingerprint density at radius 3 is 2.46 bits per heavy atom. The molecular formula is C29H44N2O4. The second kappa shape index (κ2) is 13.9. The van der Waals surface area contributed by atoms with Crippen LogP contribution in [-0.2, 0) is 14.4 Å². The fraction of sp³-hybridized carbons (Fsp3) is 0.724. The summed E-state index contributed by atoms with van der Waals surface area (Å²) in [5, 5.41) is 7.38. The van der Waals surface area contributed by atoms with Gasteiger partial charge in [0.05, 0.1) is 18.4 Å². The van der Waals surface area contributed by atoms with E-state index in [2.05, 4.69) is 17.4 Å². The molecule has 194 valence electrons. The van der Waals surface area contributed by atoms with Gasteiger partial charge >= 0.3 is 0 Å². The minimum absolute atomic E-state index is 0.0498. The summed E-state index contributed by atoms with van der Waals surface area (Å²) in [5.74, 6) is 2.95. The standard InChI is InChI=1S/C29H44N2O4/c1-2-27(31-35-18-6-17-33-28-19-22-9-11-25(28)12-10-22)24-13-15-26(16-14-24)34-21-29(32)30-20-23-7-4-3-5-8-23/h13-16,22-23,25,28H,2-12,17-21H2,1H3,(H,30,32). The molecule has 0 heterocycles. The highest BCUT2D eigenvalue weighted by Crippen LogP contribution is 2.42. The zero-order chi connectivity index (χ0) is 24.3. The van der Waals surface area contributed by atoms with Crippen LogP contribution in [0.2, 0.25) is 0 Å². The topological polar surface area (TPSA) is 69.1 Å². The van der Waals surface area contributed by atoms with E-state index in [0.717, 1.165) is 49.1 Å². The molecule has 0 aliphatic heterocycles. The number of nitrogens with one attached hydrogen (secondary N) is 1. The van der Waals surface area contributed by atoms with E-state index in [1.165, 1.54) is 64.2 Å². The summed E-state index contributed by atoms with van der Waals surface area (Å²) in [6, 6.07) is 7.73. The maximum atomic E-state index is 12.1. The molecule has 1 atom stereocenters. The second-order valence-electron chi connectivity index (χ2n) is 10.6. The largest absolute Gasteiger partial charge is 0.484 e. The maximum Gasteiger partial charge on any atom is 0.257 e. The number of oxime groups is 1. The molecule has 6 heteroatoms. The summed E-state index contributed by atoms with van der Waals surface area (Å²) < 4.78 is 11.8. The second-order valence-corrected chi connectivity index (χ2v) is 10.6. The summed E-state index contributed by atoms with van der Waals surface area (Å²) in [6.07, 6.45) is 15.3. The fourth-order valence-electron chi connectivity index (χ4n) is 5.92. The molecule has 0 radical (unpaired) electrons. The van der Waals surface area contributed by atoms with Crippen LogP contribution >= 0.6 is 0 Å². The van der Waals surface area contributed by atoms with Crippen LogP contribution in [0.15, 0.2) is 29.4 Å². The lowest BCUT2D eigenvalue weighted by atomic mass is 9.69. The summed E-state index contributed by atoms with van der Waals surface area (Å²) in [7, 11) is 0. The van der Waals surface area contributed by atoms with Gasteiger partial charge < -0.3 is 19.6 Å². The first-order valence-electron chi connectivity index (χ1n) is 14.0. The molecule has 5 rings (SSSR count). The molecule has 1 amide bonds. The van der Waals surface area contributed by atoms with Crippen LogP contribution in [0.5, 0.6) is 5.75 Å². The van der Waals surface area contributed by atoms with E-state index < -0.39 is 0 Å². The number of hydrogen-bond acceptors (Lipinski definition) is 5. The number of carbonyl (C=O) groups excluding carboxylic acids is 1. The predicted octanol–water partition coefficient (Wildman–Crippen LogP) is 5.88. The highest BCUT2D eigenvalue weighted by atomic mass is 16.6. The van der Waals surface area contributed by atoms with Crippen LogP contribution in [0.1, 0.15) is 89.5 Å². The first-order chi connectivity index (χ1) is 17.2. The van der Waals surface area contributed by atoms with E-state index in [0.29, 0.717) is 24.4 Å². The molecule has 1 aromatic carbocycles. The molecule has 1 N–H and O–H groups in total. The van der Waals surface area contributed by atoms with Crippen LogP contribution in [0, 0.1) is 17.8 Å². The Hall–Kier alpha value is -2.08. The average Bonchev–Trinajstić information content (AvgIpc) is 2.92. The third kappa shape index (κ3) is 8.23. The van der Waals surface area contributed by atoms with E-state index in [1.807, 2.05) is 24.3 Å². The summed E-state index contributed by atoms with van der Waals surface area (Å²) in [6.45, 7) is 4.22. The average molecular weight is 485 g/mol. The van der Waals surface area contributed by atoms with Gasteiger partial charge in [0, 0.05) is 13.0 Å². The number of hydrogen-bond donors (Lipinski definition) is 1. The number of fused-ring (bicyclic) bond motifs is 3. The van der Waals surface area contributed by atoms with Crippen molar-refractivity contribution in [2.24, 2.45) is 22.9 Å². The van der Waals surface area contributed by atoms with Crippen LogP contribution in [0.4, 0.5) is 0 Å². The number of rotatable bonds is 13. The number of benzene rings is 1. The Bertz CT molecular complexity index is 795. The van der Waals surface area contributed by atoms with Crippen LogP contribution < -0.4 is 10.1 Å². The molecule has 4 saturated carbocycles. The highest BCUT2D eigenvalue weighted by molar-refractivity contribution is 6.00. The number of amides is 1. The zero-order valence-corrected chi connectivity index (χ0v) is 21.5. The Balaban J connectivity index is 1.11. The molecule has 1 unspecified atom stereocenters. The molecule has 4 aliphatic carbocycles. The lowest BCUT2D eigenvalue weighted by Gasteiger charge is -2.42. The van der Waals surface area contributed by atoms with E-state index >= 15 is 0 Å². The van der Waals surface area contributed by atoms with Crippen molar-refractivity contribution in [3.8, 4) is 5.75 Å². The molecule has 4 aliphatic rings. The first kappa shape index (κ1) is 26.0. The molecule has 0 spiro atoms. The third-order valence-electron chi connectivity index (χ3n) is 8.07. The first-order valence-corrected chi connectivity index (χ1v) is 14.0. The quantitative estimate of drug-likeness (QED) is 0.216. The van der Waals surface area contributed by atoms with E-state index in [4.69, 9.17) is 14.3 Å². The summed E-state index contributed by atoms with van der Waals surface area (Å²) in [5.41, 5.74) is 1.92. The van der Waals surface area contributed by atoms with Crippen molar-refractivity contribution in [1.82, 2.24) is 5.32 Å². The molecular weight excluding hydrogens is 440 g/mol. The number of nitrogens with zero attached hydrogens (tertiary/aromatic N) is 1. The van der Waals surface area contributed by atoms with Crippen molar-refractivity contribution in [2.45, 2.75) is 90.1 Å². The maximum absolute atomic E-state index is 12.1. The summed E-state index contributed by atoms with van der Waals surface area (Å²) >= 11 is 0. The predicted molar refractivity (Wildman–Crippen MR) is 139 cm³/mol. The van der Waals surface area contributed by atoms with Gasteiger partial charge in [0.15, 0.2) is 6.61 Å². The Morgan fingerprint density at radius 1 is 1.00 bits per heavy atom. The van der Waals surface area contributed by atoms with Gasteiger partial charge in [-0.1, -0.05) is 31.3 Å². The molecule has 0 aromatic heterocycles. The Kier molecular flexibility index (Phi) is 10.3. The van der Waals surface area contributed by atoms with Crippen molar-refractivity contribution in [2.75, 3.05) is 26.4 Å². The Morgan fingerprint density at radius 2 is 1.77 bits per heavy atom. The molecule has 4 fully saturated rings. The molecule has 2 bridgehead atoms. The monoisotopic (exact) mass is 484 g/mol. The van der Waals surface area contributed by atoms with Gasteiger partial charge in [-0.15, -0.1) is 0 Å². The van der Waals surface area contributed by atoms with Crippen molar-refractivity contribution in [3.63, 3.8) is 0 Å². The van der Waals surface area contributed by atoms with Gasteiger partial charge in [0.25, 0.3) is 5.91 Å². The SMILES string of the molecule is CCC(=NOCCCOC1CC2CCC1CC2)c1ccc(OCC(=O)NCC2CCCCC2)cc1. The van der Waals surface area contributed by atoms with Crippen molar-refractivity contribution < 1.29 is 19.1 Å². The molecule has 35 heavy (non-hydrogen) atoms. The fourth-order valence-corrected chi connectivity index (χ4v) is 5.92. The van der Waals surface area contributed by atoms with E-state index in [9.17, 15) is 4.79 Å². The minimum atomic E-state index is -0.0520. The zero-order valence-electron chi connectivity index (χ0n) is 21.5. The van der Waals surface area contributed by atoms with Gasteiger partial charge in [0.1, 0.15) is 12.4 Å². The van der Waals surface area contributed by atoms with Gasteiger partial charge in [-0.05, 0) is 98.9 Å². The van der Waals surface area contributed by atoms with Gasteiger partial charge in [0.2, 0.25) is 0 Å². The van der Waals surface area contributed by atoms with Gasteiger partial charge in [-0.2, -0.15) is 0 Å². The number of ether oxygens (including phenoxy) is 2. The normalized spacial score (nSPS) is 24.8. The van der Waals surface area contributed by atoms with E-state index in [-0.39, 0.29) is 12.5 Å². The van der Waals surface area contributed by atoms with Gasteiger partial charge in [-0.3, -0.25) is 4.79 Å². The molecule has 1 aromatic rings. The third-order valence-corrected chi connectivity index (χ3v) is 8.07.